The van der Waals surface area contributed by atoms with E-state index >= 15 is 0 Å². The van der Waals surface area contributed by atoms with Gasteiger partial charge in [-0.3, -0.25) is 19.6 Å². The molecule has 0 aliphatic rings. The molecular weight excluding hydrogens is 276 g/mol. The molecule has 0 aliphatic carbocycles. The van der Waals surface area contributed by atoms with Crippen LogP contribution in [0.15, 0.2) is 0 Å². The number of carbonyl (C=O) groups is 1. The summed E-state index contributed by atoms with van der Waals surface area (Å²) < 4.78 is 1.33. The van der Waals surface area contributed by atoms with Crippen LogP contribution in [-0.4, -0.2) is 37.9 Å². The molecule has 118 valence electrons. The summed E-state index contributed by atoms with van der Waals surface area (Å²) in [5.41, 5.74) is 0.0942. The van der Waals surface area contributed by atoms with Crippen LogP contribution in [0.2, 0.25) is 0 Å². The smallest absolute Gasteiger partial charge is 0.312 e. The number of hydrogen-bond acceptors (Lipinski definition) is 5. The first-order valence-electron chi connectivity index (χ1n) is 6.84. The number of nitrogens with zero attached hydrogens (tertiary/aromatic N) is 3. The van der Waals surface area contributed by atoms with Crippen molar-refractivity contribution in [1.82, 2.24) is 15.1 Å². The third-order valence-corrected chi connectivity index (χ3v) is 3.70. The average Bonchev–Trinajstić information content (AvgIpc) is 2.64. The first-order chi connectivity index (χ1) is 9.74. The molecule has 2 N–H and O–H groups in total. The summed E-state index contributed by atoms with van der Waals surface area (Å²) in [6.07, 6.45) is 1.13. The molecule has 1 aromatic rings. The monoisotopic (exact) mass is 298 g/mol. The Kier molecular flexibility index (Phi) is 5.42. The molecule has 1 rings (SSSR count). The van der Waals surface area contributed by atoms with Gasteiger partial charge in [0.2, 0.25) is 5.91 Å². The highest BCUT2D eigenvalue weighted by Gasteiger charge is 2.26. The molecule has 0 spiro atoms. The van der Waals surface area contributed by atoms with Gasteiger partial charge in [0.25, 0.3) is 0 Å². The van der Waals surface area contributed by atoms with Gasteiger partial charge in [-0.2, -0.15) is 5.10 Å². The lowest BCUT2D eigenvalue weighted by Gasteiger charge is -2.29. The zero-order valence-corrected chi connectivity index (χ0v) is 12.8. The molecule has 8 heteroatoms. The Balaban J connectivity index is 2.85. The van der Waals surface area contributed by atoms with E-state index in [-0.39, 0.29) is 24.7 Å². The standard InChI is InChI=1S/C13H22N4O4/c1-5-13(4,6-7-18)14-11(19)8-16-10(3)12(17(20)21)9(2)15-16/h18H,5-8H2,1-4H3,(H,14,19). The number of hydrogen-bond donors (Lipinski definition) is 2. The van der Waals surface area contributed by atoms with Crippen LogP contribution >= 0.6 is 0 Å². The van der Waals surface area contributed by atoms with Crippen molar-refractivity contribution in [2.75, 3.05) is 6.61 Å². The summed E-state index contributed by atoms with van der Waals surface area (Å²) in [7, 11) is 0. The van der Waals surface area contributed by atoms with Crippen LogP contribution in [0.4, 0.5) is 5.69 Å². The van der Waals surface area contributed by atoms with E-state index in [1.54, 1.807) is 13.8 Å². The number of nitrogens with one attached hydrogen (secondary N) is 1. The fourth-order valence-electron chi connectivity index (χ4n) is 2.19. The predicted molar refractivity (Wildman–Crippen MR) is 76.9 cm³/mol. The highest BCUT2D eigenvalue weighted by atomic mass is 16.6. The Morgan fingerprint density at radius 3 is 2.57 bits per heavy atom. The first kappa shape index (κ1) is 17.1. The summed E-state index contributed by atoms with van der Waals surface area (Å²) in [6.45, 7) is 6.78. The van der Waals surface area contributed by atoms with Crippen molar-refractivity contribution in [2.45, 2.75) is 52.6 Å². The molecule has 0 fully saturated rings. The summed E-state index contributed by atoms with van der Waals surface area (Å²) in [5, 5.41) is 26.8. The van der Waals surface area contributed by atoms with Crippen LogP contribution in [0.1, 0.15) is 38.1 Å². The largest absolute Gasteiger partial charge is 0.396 e. The van der Waals surface area contributed by atoms with E-state index in [4.69, 9.17) is 5.11 Å². The lowest BCUT2D eigenvalue weighted by molar-refractivity contribution is -0.386. The van der Waals surface area contributed by atoms with Crippen molar-refractivity contribution in [3.05, 3.63) is 21.5 Å². The van der Waals surface area contributed by atoms with Crippen molar-refractivity contribution >= 4 is 11.6 Å². The molecule has 21 heavy (non-hydrogen) atoms. The number of nitro groups is 1. The van der Waals surface area contributed by atoms with Gasteiger partial charge in [0.05, 0.1) is 4.92 Å². The lowest BCUT2D eigenvalue weighted by Crippen LogP contribution is -2.47. The molecule has 1 atom stereocenters. The Bertz CT molecular complexity index is 541. The highest BCUT2D eigenvalue weighted by molar-refractivity contribution is 5.76. The lowest BCUT2D eigenvalue weighted by atomic mass is 9.95. The molecule has 1 unspecified atom stereocenters. The molecule has 8 nitrogen and oxygen atoms in total. The number of amides is 1. The number of carbonyl (C=O) groups excluding carboxylic acids is 1. The van der Waals surface area contributed by atoms with E-state index < -0.39 is 10.5 Å². The van der Waals surface area contributed by atoms with E-state index in [0.29, 0.717) is 24.2 Å². The van der Waals surface area contributed by atoms with E-state index in [9.17, 15) is 14.9 Å². The molecule has 1 aromatic heterocycles. The summed E-state index contributed by atoms with van der Waals surface area (Å²) in [6, 6.07) is 0. The van der Waals surface area contributed by atoms with Gasteiger partial charge in [0, 0.05) is 12.1 Å². The summed E-state index contributed by atoms with van der Waals surface area (Å²) >= 11 is 0. The maximum atomic E-state index is 12.1. The van der Waals surface area contributed by atoms with Gasteiger partial charge in [-0.15, -0.1) is 0 Å². The van der Waals surface area contributed by atoms with Gasteiger partial charge < -0.3 is 10.4 Å². The highest BCUT2D eigenvalue weighted by Crippen LogP contribution is 2.21. The van der Waals surface area contributed by atoms with E-state index in [2.05, 4.69) is 10.4 Å². The Hall–Kier alpha value is -1.96. The molecular formula is C13H22N4O4. The van der Waals surface area contributed by atoms with Crippen molar-refractivity contribution < 1.29 is 14.8 Å². The van der Waals surface area contributed by atoms with Crippen LogP contribution < -0.4 is 5.32 Å². The third kappa shape index (κ3) is 4.01. The van der Waals surface area contributed by atoms with Gasteiger partial charge in [-0.25, -0.2) is 0 Å². The maximum absolute atomic E-state index is 12.1. The van der Waals surface area contributed by atoms with Crippen molar-refractivity contribution in [2.24, 2.45) is 0 Å². The maximum Gasteiger partial charge on any atom is 0.312 e. The predicted octanol–water partition coefficient (Wildman–Crippen LogP) is 1.08. The topological polar surface area (TPSA) is 110 Å². The molecule has 0 radical (unpaired) electrons. The van der Waals surface area contributed by atoms with Gasteiger partial charge in [0.15, 0.2) is 0 Å². The van der Waals surface area contributed by atoms with E-state index in [0.717, 1.165) is 0 Å². The number of rotatable bonds is 7. The quantitative estimate of drug-likeness (QED) is 0.578. The first-order valence-corrected chi connectivity index (χ1v) is 6.84. The minimum atomic E-state index is -0.492. The Morgan fingerprint density at radius 1 is 1.52 bits per heavy atom. The number of aryl methyl sites for hydroxylation is 1. The van der Waals surface area contributed by atoms with E-state index in [1.165, 1.54) is 4.68 Å². The molecule has 1 heterocycles. The second-order valence-electron chi connectivity index (χ2n) is 5.37. The van der Waals surface area contributed by atoms with Gasteiger partial charge >= 0.3 is 5.69 Å². The fraction of sp³-hybridized carbons (Fsp3) is 0.692. The van der Waals surface area contributed by atoms with Gasteiger partial charge in [-0.05, 0) is 33.6 Å². The van der Waals surface area contributed by atoms with Crippen LogP contribution in [-0.2, 0) is 11.3 Å². The molecule has 0 saturated heterocycles. The zero-order valence-electron chi connectivity index (χ0n) is 12.8. The van der Waals surface area contributed by atoms with Crippen LogP contribution in [0.25, 0.3) is 0 Å². The molecule has 0 aliphatic heterocycles. The zero-order chi connectivity index (χ0) is 16.2. The van der Waals surface area contributed by atoms with E-state index in [1.807, 2.05) is 13.8 Å². The minimum Gasteiger partial charge on any atom is -0.396 e. The van der Waals surface area contributed by atoms with Gasteiger partial charge in [0.1, 0.15) is 17.9 Å². The van der Waals surface area contributed by atoms with Crippen LogP contribution in [0.5, 0.6) is 0 Å². The summed E-state index contributed by atoms with van der Waals surface area (Å²) in [4.78, 5) is 22.5. The fourth-order valence-corrected chi connectivity index (χ4v) is 2.19. The number of aromatic nitrogens is 2. The SMILES string of the molecule is CCC(C)(CCO)NC(=O)Cn1nc(C)c([N+](=O)[O-])c1C. The number of aliphatic hydroxyl groups is 1. The van der Waals surface area contributed by atoms with Crippen LogP contribution in [0.3, 0.4) is 0 Å². The normalized spacial score (nSPS) is 13.8. The summed E-state index contributed by atoms with van der Waals surface area (Å²) in [5.74, 6) is -0.284. The Labute approximate surface area is 123 Å². The van der Waals surface area contributed by atoms with Crippen molar-refractivity contribution in [3.63, 3.8) is 0 Å². The molecule has 1 amide bonds. The van der Waals surface area contributed by atoms with Gasteiger partial charge in [-0.1, -0.05) is 6.92 Å². The number of aliphatic hydroxyl groups excluding tert-OH is 1. The molecule has 0 bridgehead atoms. The second-order valence-corrected chi connectivity index (χ2v) is 5.37. The van der Waals surface area contributed by atoms with Crippen LogP contribution in [0, 0.1) is 24.0 Å². The minimum absolute atomic E-state index is 0.0179. The molecule has 0 saturated carbocycles. The van der Waals surface area contributed by atoms with Crippen molar-refractivity contribution in [1.29, 1.82) is 0 Å². The third-order valence-electron chi connectivity index (χ3n) is 3.70. The Morgan fingerprint density at radius 2 is 2.14 bits per heavy atom. The second kappa shape index (κ2) is 6.66. The molecule has 0 aromatic carbocycles. The average molecular weight is 298 g/mol. The van der Waals surface area contributed by atoms with Crippen molar-refractivity contribution in [3.8, 4) is 0 Å².